The molecule has 3 aromatic rings. The molecule has 0 fully saturated rings. The van der Waals surface area contributed by atoms with Crippen molar-refractivity contribution in [2.75, 3.05) is 5.32 Å². The molecule has 0 atom stereocenters. The van der Waals surface area contributed by atoms with Crippen LogP contribution in [0.25, 0.3) is 5.69 Å². The molecule has 0 bridgehead atoms. The first-order valence-corrected chi connectivity index (χ1v) is 7.71. The Hall–Kier alpha value is -2.06. The van der Waals surface area contributed by atoms with E-state index in [0.717, 1.165) is 15.9 Å². The van der Waals surface area contributed by atoms with Crippen molar-refractivity contribution in [1.82, 2.24) is 20.0 Å². The summed E-state index contributed by atoms with van der Waals surface area (Å²) in [5.74, 6) is -0.326. The third-order valence-electron chi connectivity index (χ3n) is 2.66. The molecular weight excluding hydrogens is 354 g/mol. The first-order chi connectivity index (χ1) is 10.1. The molecule has 8 heteroatoms. The lowest BCUT2D eigenvalue weighted by Gasteiger charge is -1.99. The van der Waals surface area contributed by atoms with Gasteiger partial charge in [0.2, 0.25) is 0 Å². The van der Waals surface area contributed by atoms with E-state index in [1.165, 1.54) is 11.3 Å². The molecule has 6 nitrogen and oxygen atoms in total. The van der Waals surface area contributed by atoms with Crippen LogP contribution in [0.15, 0.2) is 40.3 Å². The van der Waals surface area contributed by atoms with Crippen LogP contribution < -0.4 is 5.32 Å². The molecule has 2 aromatic heterocycles. The summed E-state index contributed by atoms with van der Waals surface area (Å²) in [4.78, 5) is 16.2. The van der Waals surface area contributed by atoms with Crippen molar-refractivity contribution in [2.24, 2.45) is 0 Å². The molecule has 106 valence electrons. The molecule has 0 saturated heterocycles. The Morgan fingerprint density at radius 3 is 2.76 bits per heavy atom. The van der Waals surface area contributed by atoms with Gasteiger partial charge in [0.1, 0.15) is 0 Å². The molecule has 0 radical (unpaired) electrons. The number of carbonyl (C=O) groups is 1. The van der Waals surface area contributed by atoms with Gasteiger partial charge in [-0.25, -0.2) is 9.67 Å². The summed E-state index contributed by atoms with van der Waals surface area (Å²) in [6.45, 7) is 1.87. The highest BCUT2D eigenvalue weighted by Gasteiger charge is 2.13. The SMILES string of the molecule is Cc1csc(NC(=O)c2cn(-c3ccc(Br)cc3)nn2)n1. The smallest absolute Gasteiger partial charge is 0.279 e. The van der Waals surface area contributed by atoms with Gasteiger partial charge in [-0.2, -0.15) is 0 Å². The standard InChI is InChI=1S/C13H10BrN5OS/c1-8-7-21-13(15-8)16-12(20)11-6-19(18-17-11)10-4-2-9(14)3-5-10/h2-7H,1H3,(H,15,16,20). The van der Waals surface area contributed by atoms with Crippen LogP contribution in [0.2, 0.25) is 0 Å². The van der Waals surface area contributed by atoms with Gasteiger partial charge in [0.05, 0.1) is 17.6 Å². The van der Waals surface area contributed by atoms with Crippen molar-refractivity contribution in [1.29, 1.82) is 0 Å². The first kappa shape index (κ1) is 13.9. The predicted molar refractivity (Wildman–Crippen MR) is 83.9 cm³/mol. The summed E-state index contributed by atoms with van der Waals surface area (Å²) in [6.07, 6.45) is 1.58. The number of nitrogens with one attached hydrogen (secondary N) is 1. The number of aryl methyl sites for hydroxylation is 1. The number of hydrogen-bond donors (Lipinski definition) is 1. The summed E-state index contributed by atoms with van der Waals surface area (Å²) < 4.78 is 2.53. The Balaban J connectivity index is 1.78. The Morgan fingerprint density at radius 2 is 2.10 bits per heavy atom. The minimum Gasteiger partial charge on any atom is -0.296 e. The minimum absolute atomic E-state index is 0.241. The van der Waals surface area contributed by atoms with E-state index in [0.29, 0.717) is 5.13 Å². The maximum atomic E-state index is 12.1. The Bertz CT molecular complexity index is 780. The van der Waals surface area contributed by atoms with Crippen molar-refractivity contribution >= 4 is 38.3 Å². The Kier molecular flexibility index (Phi) is 3.80. The molecule has 1 N–H and O–H groups in total. The van der Waals surface area contributed by atoms with Crippen LogP contribution in [0, 0.1) is 6.92 Å². The van der Waals surface area contributed by atoms with E-state index in [2.05, 4.69) is 36.5 Å². The number of carbonyl (C=O) groups excluding carboxylic acids is 1. The van der Waals surface area contributed by atoms with Gasteiger partial charge in [-0.1, -0.05) is 21.1 Å². The van der Waals surface area contributed by atoms with Gasteiger partial charge in [0.25, 0.3) is 5.91 Å². The third kappa shape index (κ3) is 3.17. The van der Waals surface area contributed by atoms with E-state index in [4.69, 9.17) is 0 Å². The van der Waals surface area contributed by atoms with E-state index in [1.54, 1.807) is 10.9 Å². The highest BCUT2D eigenvalue weighted by atomic mass is 79.9. The minimum atomic E-state index is -0.326. The molecule has 0 saturated carbocycles. The summed E-state index contributed by atoms with van der Waals surface area (Å²) in [5, 5.41) is 13.0. The number of nitrogens with zero attached hydrogens (tertiary/aromatic N) is 4. The predicted octanol–water partition coefficient (Wildman–Crippen LogP) is 3.05. The number of amides is 1. The van der Waals surface area contributed by atoms with Gasteiger partial charge in [-0.05, 0) is 31.2 Å². The summed E-state index contributed by atoms with van der Waals surface area (Å²) in [5.41, 5.74) is 1.94. The highest BCUT2D eigenvalue weighted by molar-refractivity contribution is 9.10. The Morgan fingerprint density at radius 1 is 1.33 bits per heavy atom. The summed E-state index contributed by atoms with van der Waals surface area (Å²) in [6, 6.07) is 7.56. The number of thiazole rings is 1. The first-order valence-electron chi connectivity index (χ1n) is 6.03. The molecule has 1 amide bonds. The lowest BCUT2D eigenvalue weighted by atomic mass is 10.3. The zero-order valence-corrected chi connectivity index (χ0v) is 13.3. The number of halogens is 1. The van der Waals surface area contributed by atoms with Crippen molar-refractivity contribution < 1.29 is 4.79 Å². The normalized spacial score (nSPS) is 10.6. The second-order valence-electron chi connectivity index (χ2n) is 4.27. The van der Waals surface area contributed by atoms with E-state index in [1.807, 2.05) is 36.6 Å². The summed E-state index contributed by atoms with van der Waals surface area (Å²) in [7, 11) is 0. The quantitative estimate of drug-likeness (QED) is 0.775. The average Bonchev–Trinajstić information content (AvgIpc) is 3.09. The van der Waals surface area contributed by atoms with Crippen LogP contribution in [0.4, 0.5) is 5.13 Å². The van der Waals surface area contributed by atoms with E-state index in [-0.39, 0.29) is 11.6 Å². The van der Waals surface area contributed by atoms with Gasteiger partial charge in [0, 0.05) is 9.85 Å². The number of hydrogen-bond acceptors (Lipinski definition) is 5. The topological polar surface area (TPSA) is 72.7 Å². The van der Waals surface area contributed by atoms with Crippen LogP contribution >= 0.6 is 27.3 Å². The second-order valence-corrected chi connectivity index (χ2v) is 6.05. The fraction of sp³-hybridized carbons (Fsp3) is 0.0769. The number of rotatable bonds is 3. The van der Waals surface area contributed by atoms with Crippen molar-refractivity contribution in [2.45, 2.75) is 6.92 Å². The monoisotopic (exact) mass is 363 g/mol. The molecule has 21 heavy (non-hydrogen) atoms. The zero-order chi connectivity index (χ0) is 14.8. The average molecular weight is 364 g/mol. The lowest BCUT2D eigenvalue weighted by Crippen LogP contribution is -2.12. The maximum absolute atomic E-state index is 12.1. The lowest BCUT2D eigenvalue weighted by molar-refractivity contribution is 0.102. The molecule has 0 unspecified atom stereocenters. The largest absolute Gasteiger partial charge is 0.296 e. The molecule has 1 aromatic carbocycles. The van der Waals surface area contributed by atoms with Crippen molar-refractivity contribution in [3.8, 4) is 5.69 Å². The second kappa shape index (κ2) is 5.74. The maximum Gasteiger partial charge on any atom is 0.279 e. The number of anilines is 1. The van der Waals surface area contributed by atoms with E-state index < -0.39 is 0 Å². The Labute approximate surface area is 133 Å². The number of benzene rings is 1. The van der Waals surface area contributed by atoms with Crippen LogP contribution in [0.1, 0.15) is 16.2 Å². The molecule has 2 heterocycles. The van der Waals surface area contributed by atoms with Crippen molar-refractivity contribution in [3.63, 3.8) is 0 Å². The van der Waals surface area contributed by atoms with Crippen LogP contribution in [-0.2, 0) is 0 Å². The van der Waals surface area contributed by atoms with Crippen LogP contribution in [0.5, 0.6) is 0 Å². The molecule has 0 aliphatic carbocycles. The van der Waals surface area contributed by atoms with Gasteiger partial charge >= 0.3 is 0 Å². The zero-order valence-electron chi connectivity index (χ0n) is 10.9. The van der Waals surface area contributed by atoms with Crippen LogP contribution in [-0.4, -0.2) is 25.9 Å². The number of aromatic nitrogens is 4. The van der Waals surface area contributed by atoms with Gasteiger partial charge in [-0.15, -0.1) is 16.4 Å². The molecule has 0 spiro atoms. The van der Waals surface area contributed by atoms with Crippen molar-refractivity contribution in [3.05, 3.63) is 51.7 Å². The van der Waals surface area contributed by atoms with Crippen LogP contribution in [0.3, 0.4) is 0 Å². The van der Waals surface area contributed by atoms with E-state index >= 15 is 0 Å². The van der Waals surface area contributed by atoms with E-state index in [9.17, 15) is 4.79 Å². The fourth-order valence-electron chi connectivity index (χ4n) is 1.66. The van der Waals surface area contributed by atoms with Gasteiger partial charge in [0.15, 0.2) is 10.8 Å². The summed E-state index contributed by atoms with van der Waals surface area (Å²) >= 11 is 4.74. The van der Waals surface area contributed by atoms with Gasteiger partial charge in [-0.3, -0.25) is 10.1 Å². The molecular formula is C13H10BrN5OS. The van der Waals surface area contributed by atoms with Gasteiger partial charge < -0.3 is 0 Å². The molecule has 3 rings (SSSR count). The highest BCUT2D eigenvalue weighted by Crippen LogP contribution is 2.16. The third-order valence-corrected chi connectivity index (χ3v) is 4.06. The molecule has 0 aliphatic heterocycles. The molecule has 0 aliphatic rings. The fourth-order valence-corrected chi connectivity index (χ4v) is 2.61.